The molecule has 0 radical (unpaired) electrons. The lowest BCUT2D eigenvalue weighted by Crippen LogP contribution is -2.23. The zero-order valence-electron chi connectivity index (χ0n) is 7.61. The lowest BCUT2D eigenvalue weighted by atomic mass is 10.1. The third-order valence-electron chi connectivity index (χ3n) is 2.22. The molecule has 1 unspecified atom stereocenters. The van der Waals surface area contributed by atoms with Crippen molar-refractivity contribution >= 4 is 17.8 Å². The largest absolute Gasteiger partial charge is 0.497 e. The van der Waals surface area contributed by atoms with E-state index in [4.69, 9.17) is 4.74 Å². The van der Waals surface area contributed by atoms with Crippen LogP contribution in [-0.2, 0) is 4.79 Å². The molecule has 1 aromatic carbocycles. The Morgan fingerprint density at radius 2 is 2.29 bits per heavy atom. The standard InChI is InChI=1S/C10H9NO3/c1-14-6-2-3-8-7(4-6)10(13)9(5-12)11-8/h2-5,9,11H,1H3. The van der Waals surface area contributed by atoms with Crippen LogP contribution in [0.15, 0.2) is 18.2 Å². The number of carbonyl (C=O) groups is 2. The van der Waals surface area contributed by atoms with Crippen LogP contribution < -0.4 is 10.1 Å². The summed E-state index contributed by atoms with van der Waals surface area (Å²) in [4.78, 5) is 22.1. The summed E-state index contributed by atoms with van der Waals surface area (Å²) in [5, 5.41) is 2.81. The molecule has 0 amide bonds. The van der Waals surface area contributed by atoms with E-state index < -0.39 is 6.04 Å². The number of anilines is 1. The predicted molar refractivity (Wildman–Crippen MR) is 50.8 cm³/mol. The van der Waals surface area contributed by atoms with Gasteiger partial charge in [0.2, 0.25) is 0 Å². The van der Waals surface area contributed by atoms with Crippen molar-refractivity contribution in [1.82, 2.24) is 0 Å². The van der Waals surface area contributed by atoms with Crippen molar-refractivity contribution in [2.45, 2.75) is 6.04 Å². The Labute approximate surface area is 80.9 Å². The molecule has 2 rings (SSSR count). The molecule has 1 aromatic rings. The van der Waals surface area contributed by atoms with Gasteiger partial charge in [-0.2, -0.15) is 0 Å². The van der Waals surface area contributed by atoms with Crippen molar-refractivity contribution < 1.29 is 14.3 Å². The average molecular weight is 191 g/mol. The van der Waals surface area contributed by atoms with Crippen LogP contribution in [0.25, 0.3) is 0 Å². The third kappa shape index (κ3) is 1.16. The van der Waals surface area contributed by atoms with Gasteiger partial charge in [0.15, 0.2) is 5.78 Å². The van der Waals surface area contributed by atoms with E-state index in [0.717, 1.165) is 0 Å². The molecule has 1 heterocycles. The second-order valence-corrected chi connectivity index (χ2v) is 3.03. The van der Waals surface area contributed by atoms with Crippen molar-refractivity contribution in [3.63, 3.8) is 0 Å². The van der Waals surface area contributed by atoms with E-state index in [1.165, 1.54) is 7.11 Å². The van der Waals surface area contributed by atoms with Crippen LogP contribution in [0, 0.1) is 0 Å². The van der Waals surface area contributed by atoms with Crippen molar-refractivity contribution in [1.29, 1.82) is 0 Å². The van der Waals surface area contributed by atoms with Gasteiger partial charge in [-0.15, -0.1) is 0 Å². The van der Waals surface area contributed by atoms with Gasteiger partial charge in [-0.1, -0.05) is 0 Å². The highest BCUT2D eigenvalue weighted by molar-refractivity contribution is 6.17. The minimum absolute atomic E-state index is 0.200. The predicted octanol–water partition coefficient (Wildman–Crippen LogP) is 0.871. The van der Waals surface area contributed by atoms with Gasteiger partial charge in [0.05, 0.1) is 7.11 Å². The Balaban J connectivity index is 2.44. The number of Topliss-reactive ketones (excluding diaryl/α,β-unsaturated/α-hetero) is 1. The number of nitrogens with one attached hydrogen (secondary N) is 1. The van der Waals surface area contributed by atoms with E-state index in [1.54, 1.807) is 18.2 Å². The molecule has 0 fully saturated rings. The zero-order valence-corrected chi connectivity index (χ0v) is 7.61. The van der Waals surface area contributed by atoms with Crippen LogP contribution >= 0.6 is 0 Å². The summed E-state index contributed by atoms with van der Waals surface area (Å²) in [5.74, 6) is 0.416. The number of aldehydes is 1. The molecule has 1 N–H and O–H groups in total. The highest BCUT2D eigenvalue weighted by Crippen LogP contribution is 2.28. The number of benzene rings is 1. The summed E-state index contributed by atoms with van der Waals surface area (Å²) in [6.07, 6.45) is 0.606. The summed E-state index contributed by atoms with van der Waals surface area (Å²) in [5.41, 5.74) is 1.20. The molecule has 1 atom stereocenters. The van der Waals surface area contributed by atoms with Crippen LogP contribution in [0.5, 0.6) is 5.75 Å². The van der Waals surface area contributed by atoms with E-state index in [9.17, 15) is 9.59 Å². The van der Waals surface area contributed by atoms with E-state index >= 15 is 0 Å². The third-order valence-corrected chi connectivity index (χ3v) is 2.22. The molecule has 0 spiro atoms. The monoisotopic (exact) mass is 191 g/mol. The molecule has 0 aliphatic carbocycles. The van der Waals surface area contributed by atoms with E-state index in [-0.39, 0.29) is 5.78 Å². The number of rotatable bonds is 2. The summed E-state index contributed by atoms with van der Waals surface area (Å²) in [6, 6.07) is 4.37. The maximum absolute atomic E-state index is 11.5. The topological polar surface area (TPSA) is 55.4 Å². The number of fused-ring (bicyclic) bond motifs is 1. The highest BCUT2D eigenvalue weighted by atomic mass is 16.5. The van der Waals surface area contributed by atoms with Crippen molar-refractivity contribution in [2.24, 2.45) is 0 Å². The van der Waals surface area contributed by atoms with E-state index in [0.29, 0.717) is 23.3 Å². The number of hydrogen-bond acceptors (Lipinski definition) is 4. The number of ketones is 1. The van der Waals surface area contributed by atoms with Gasteiger partial charge in [0.1, 0.15) is 18.1 Å². The lowest BCUT2D eigenvalue weighted by molar-refractivity contribution is -0.107. The minimum Gasteiger partial charge on any atom is -0.497 e. The molecule has 0 saturated heterocycles. The number of carbonyl (C=O) groups excluding carboxylic acids is 2. The van der Waals surface area contributed by atoms with Gasteiger partial charge in [-0.25, -0.2) is 0 Å². The van der Waals surface area contributed by atoms with Crippen molar-refractivity contribution in [3.05, 3.63) is 23.8 Å². The Morgan fingerprint density at radius 1 is 1.50 bits per heavy atom. The number of methoxy groups -OCH3 is 1. The first-order valence-electron chi connectivity index (χ1n) is 4.20. The number of hydrogen-bond donors (Lipinski definition) is 1. The Bertz CT molecular complexity index is 400. The average Bonchev–Trinajstić information content (AvgIpc) is 2.55. The quantitative estimate of drug-likeness (QED) is 0.556. The fraction of sp³-hybridized carbons (Fsp3) is 0.200. The van der Waals surface area contributed by atoms with Gasteiger partial charge < -0.3 is 14.8 Å². The van der Waals surface area contributed by atoms with E-state index in [1.807, 2.05) is 0 Å². The van der Waals surface area contributed by atoms with Crippen molar-refractivity contribution in [2.75, 3.05) is 12.4 Å². The highest BCUT2D eigenvalue weighted by Gasteiger charge is 2.29. The van der Waals surface area contributed by atoms with Gasteiger partial charge in [-0.05, 0) is 18.2 Å². The van der Waals surface area contributed by atoms with Gasteiger partial charge in [0.25, 0.3) is 0 Å². The van der Waals surface area contributed by atoms with Crippen LogP contribution in [0.1, 0.15) is 10.4 Å². The maximum Gasteiger partial charge on any atom is 0.194 e. The SMILES string of the molecule is COc1ccc2c(c1)C(=O)C(C=O)N2. The first kappa shape index (κ1) is 8.74. The molecule has 0 saturated carbocycles. The molecule has 4 heteroatoms. The Hall–Kier alpha value is -1.84. The molecule has 0 bridgehead atoms. The molecular formula is C10H9NO3. The fourth-order valence-corrected chi connectivity index (χ4v) is 1.48. The molecule has 0 aromatic heterocycles. The van der Waals surface area contributed by atoms with Gasteiger partial charge >= 0.3 is 0 Å². The Morgan fingerprint density at radius 3 is 2.93 bits per heavy atom. The molecule has 1 aliphatic rings. The number of ether oxygens (including phenoxy) is 1. The first-order chi connectivity index (χ1) is 6.76. The second kappa shape index (κ2) is 3.14. The van der Waals surface area contributed by atoms with Gasteiger partial charge in [-0.3, -0.25) is 4.79 Å². The molecule has 1 aliphatic heterocycles. The van der Waals surface area contributed by atoms with Crippen LogP contribution in [0.4, 0.5) is 5.69 Å². The Kier molecular flexibility index (Phi) is 1.96. The first-order valence-corrected chi connectivity index (χ1v) is 4.20. The molecule has 72 valence electrons. The summed E-state index contributed by atoms with van der Waals surface area (Å²) < 4.78 is 4.99. The molecule has 4 nitrogen and oxygen atoms in total. The van der Waals surface area contributed by atoms with E-state index in [2.05, 4.69) is 5.32 Å². The fourth-order valence-electron chi connectivity index (χ4n) is 1.48. The van der Waals surface area contributed by atoms with Gasteiger partial charge in [0, 0.05) is 11.3 Å². The minimum atomic E-state index is -0.739. The second-order valence-electron chi connectivity index (χ2n) is 3.03. The lowest BCUT2D eigenvalue weighted by Gasteiger charge is -2.01. The summed E-state index contributed by atoms with van der Waals surface area (Å²) in [6.45, 7) is 0. The van der Waals surface area contributed by atoms with Crippen LogP contribution in [0.2, 0.25) is 0 Å². The maximum atomic E-state index is 11.5. The normalized spacial score (nSPS) is 18.6. The molecular weight excluding hydrogens is 182 g/mol. The smallest absolute Gasteiger partial charge is 0.194 e. The van der Waals surface area contributed by atoms with Crippen LogP contribution in [0.3, 0.4) is 0 Å². The van der Waals surface area contributed by atoms with Crippen LogP contribution in [-0.4, -0.2) is 25.2 Å². The summed E-state index contributed by atoms with van der Waals surface area (Å²) >= 11 is 0. The molecule has 14 heavy (non-hydrogen) atoms. The van der Waals surface area contributed by atoms with Crippen molar-refractivity contribution in [3.8, 4) is 5.75 Å². The summed E-state index contributed by atoms with van der Waals surface area (Å²) in [7, 11) is 1.53. The zero-order chi connectivity index (χ0) is 10.1.